The van der Waals surface area contributed by atoms with Crippen LogP contribution in [0.15, 0.2) is 23.4 Å². The number of nitrogens with zero attached hydrogens (tertiary/aromatic N) is 5. The third kappa shape index (κ3) is 5.90. The van der Waals surface area contributed by atoms with Gasteiger partial charge in [0, 0.05) is 20.2 Å². The molecule has 0 aliphatic heterocycles. The number of anilines is 3. The molecule has 32 heavy (non-hydrogen) atoms. The van der Waals surface area contributed by atoms with Gasteiger partial charge in [-0.05, 0) is 26.0 Å². The summed E-state index contributed by atoms with van der Waals surface area (Å²) in [4.78, 5) is 21.4. The van der Waals surface area contributed by atoms with Crippen LogP contribution >= 0.6 is 23.4 Å². The zero-order chi connectivity index (χ0) is 22.9. The van der Waals surface area contributed by atoms with E-state index in [9.17, 15) is 4.79 Å². The maximum Gasteiger partial charge on any atom is 0.261 e. The molecule has 3 N–H and O–H groups in total. The molecular weight excluding hydrogens is 456 g/mol. The molecule has 0 saturated carbocycles. The normalized spacial score (nSPS) is 10.9. The summed E-state index contributed by atoms with van der Waals surface area (Å²) < 4.78 is 12.3. The van der Waals surface area contributed by atoms with Gasteiger partial charge in [0.05, 0.1) is 23.1 Å². The standard InChI is InChI=1S/C19H25ClN8O3S/c1-4-21-16-24-17(22-5-2)28-18(25-16)26-27-19(28)32-11-14(29)23-13-8-6-7-12(20)15(13)31-10-9-30-3/h6-8H,4-5,9-11H2,1-3H3,(H,23,29)(H2,21,22,24,25,26). The molecule has 1 amide bonds. The molecule has 2 aromatic heterocycles. The van der Waals surface area contributed by atoms with E-state index in [1.165, 1.54) is 11.8 Å². The highest BCUT2D eigenvalue weighted by Gasteiger charge is 2.17. The Bertz CT molecular complexity index is 1060. The topological polar surface area (TPSA) is 128 Å². The van der Waals surface area contributed by atoms with Gasteiger partial charge in [0.2, 0.25) is 17.8 Å². The molecule has 11 nitrogen and oxygen atoms in total. The van der Waals surface area contributed by atoms with Gasteiger partial charge in [0.25, 0.3) is 5.78 Å². The lowest BCUT2D eigenvalue weighted by Gasteiger charge is -2.13. The van der Waals surface area contributed by atoms with Crippen molar-refractivity contribution in [3.63, 3.8) is 0 Å². The number of para-hydroxylation sites is 1. The summed E-state index contributed by atoms with van der Waals surface area (Å²) >= 11 is 7.45. The SMILES string of the molecule is CCNc1nc(NCC)n2c(SCC(=O)Nc3cccc(Cl)c3OCCOC)nnc2n1. The minimum absolute atomic E-state index is 0.0886. The van der Waals surface area contributed by atoms with E-state index in [-0.39, 0.29) is 11.7 Å². The minimum atomic E-state index is -0.249. The number of carbonyl (C=O) groups excluding carboxylic acids is 1. The summed E-state index contributed by atoms with van der Waals surface area (Å²) in [6, 6.07) is 5.16. The van der Waals surface area contributed by atoms with Gasteiger partial charge in [0.15, 0.2) is 10.9 Å². The Hall–Kier alpha value is -2.83. The number of thioether (sulfide) groups is 1. The molecule has 0 unspecified atom stereocenters. The van der Waals surface area contributed by atoms with Crippen molar-refractivity contribution >= 4 is 52.6 Å². The second kappa shape index (κ2) is 11.7. The van der Waals surface area contributed by atoms with Crippen molar-refractivity contribution in [2.75, 3.05) is 55.1 Å². The number of aromatic nitrogens is 5. The number of amides is 1. The zero-order valence-corrected chi connectivity index (χ0v) is 19.6. The maximum atomic E-state index is 12.6. The number of hydrogen-bond donors (Lipinski definition) is 3. The minimum Gasteiger partial charge on any atom is -0.487 e. The van der Waals surface area contributed by atoms with Gasteiger partial charge in [-0.3, -0.25) is 4.79 Å². The fourth-order valence-corrected chi connectivity index (χ4v) is 3.65. The van der Waals surface area contributed by atoms with Crippen molar-refractivity contribution in [2.45, 2.75) is 19.0 Å². The highest BCUT2D eigenvalue weighted by Crippen LogP contribution is 2.33. The number of ether oxygens (including phenoxy) is 2. The quantitative estimate of drug-likeness (QED) is 0.263. The van der Waals surface area contributed by atoms with E-state index in [1.807, 2.05) is 13.8 Å². The van der Waals surface area contributed by atoms with Gasteiger partial charge in [-0.15, -0.1) is 10.2 Å². The summed E-state index contributed by atoms with van der Waals surface area (Å²) in [6.45, 7) is 5.96. The second-order valence-electron chi connectivity index (χ2n) is 6.34. The molecule has 2 heterocycles. The predicted molar refractivity (Wildman–Crippen MR) is 125 cm³/mol. The van der Waals surface area contributed by atoms with Crippen LogP contribution < -0.4 is 20.7 Å². The number of halogens is 1. The number of fused-ring (bicyclic) bond motifs is 1. The van der Waals surface area contributed by atoms with Crippen LogP contribution in [0.1, 0.15) is 13.8 Å². The molecule has 172 valence electrons. The number of nitrogens with one attached hydrogen (secondary N) is 3. The average molecular weight is 481 g/mol. The first-order valence-electron chi connectivity index (χ1n) is 10.0. The lowest BCUT2D eigenvalue weighted by Crippen LogP contribution is -2.16. The van der Waals surface area contributed by atoms with Crippen LogP contribution in [-0.2, 0) is 9.53 Å². The molecule has 0 fully saturated rings. The van der Waals surface area contributed by atoms with Gasteiger partial charge >= 0.3 is 0 Å². The molecule has 0 radical (unpaired) electrons. The maximum absolute atomic E-state index is 12.6. The summed E-state index contributed by atoms with van der Waals surface area (Å²) in [7, 11) is 1.58. The zero-order valence-electron chi connectivity index (χ0n) is 18.0. The van der Waals surface area contributed by atoms with Gasteiger partial charge < -0.3 is 25.4 Å². The Labute approximate surface area is 194 Å². The van der Waals surface area contributed by atoms with Crippen LogP contribution in [0.3, 0.4) is 0 Å². The summed E-state index contributed by atoms with van der Waals surface area (Å²) in [6.07, 6.45) is 0. The summed E-state index contributed by atoms with van der Waals surface area (Å²) in [5, 5.41) is 18.3. The van der Waals surface area contributed by atoms with Gasteiger partial charge in [-0.2, -0.15) is 9.97 Å². The lowest BCUT2D eigenvalue weighted by atomic mass is 10.3. The van der Waals surface area contributed by atoms with Crippen molar-refractivity contribution in [3.8, 4) is 5.75 Å². The van der Waals surface area contributed by atoms with Crippen molar-refractivity contribution < 1.29 is 14.3 Å². The van der Waals surface area contributed by atoms with E-state index in [1.54, 1.807) is 29.7 Å². The van der Waals surface area contributed by atoms with Crippen LogP contribution in [0, 0.1) is 0 Å². The molecule has 0 aliphatic carbocycles. The predicted octanol–water partition coefficient (Wildman–Crippen LogP) is 2.79. The number of benzene rings is 1. The Morgan fingerprint density at radius 1 is 1.16 bits per heavy atom. The smallest absolute Gasteiger partial charge is 0.261 e. The number of carbonyl (C=O) groups is 1. The van der Waals surface area contributed by atoms with E-state index >= 15 is 0 Å². The van der Waals surface area contributed by atoms with Crippen molar-refractivity contribution in [3.05, 3.63) is 23.2 Å². The molecule has 13 heteroatoms. The fraction of sp³-hybridized carbons (Fsp3) is 0.421. The first kappa shape index (κ1) is 23.8. The number of methoxy groups -OCH3 is 1. The Balaban J connectivity index is 1.72. The second-order valence-corrected chi connectivity index (χ2v) is 7.69. The van der Waals surface area contributed by atoms with E-state index in [0.717, 1.165) is 0 Å². The van der Waals surface area contributed by atoms with E-state index in [0.29, 0.717) is 65.6 Å². The van der Waals surface area contributed by atoms with Crippen LogP contribution in [0.4, 0.5) is 17.6 Å². The van der Waals surface area contributed by atoms with E-state index < -0.39 is 0 Å². The summed E-state index contributed by atoms with van der Waals surface area (Å²) in [5.41, 5.74) is 0.484. The van der Waals surface area contributed by atoms with Crippen LogP contribution in [-0.4, -0.2) is 69.6 Å². The van der Waals surface area contributed by atoms with E-state index in [4.69, 9.17) is 21.1 Å². The Morgan fingerprint density at radius 2 is 1.97 bits per heavy atom. The molecule has 0 saturated heterocycles. The molecule has 0 spiro atoms. The molecule has 3 aromatic rings. The van der Waals surface area contributed by atoms with E-state index in [2.05, 4.69) is 36.1 Å². The fourth-order valence-electron chi connectivity index (χ4n) is 2.69. The first-order valence-corrected chi connectivity index (χ1v) is 11.4. The molecule has 3 rings (SSSR count). The monoisotopic (exact) mass is 480 g/mol. The van der Waals surface area contributed by atoms with Crippen molar-refractivity contribution in [2.24, 2.45) is 0 Å². The molecular formula is C19H25ClN8O3S. The number of hydrogen-bond acceptors (Lipinski definition) is 10. The number of rotatable bonds is 12. The molecule has 0 atom stereocenters. The summed E-state index contributed by atoms with van der Waals surface area (Å²) in [5.74, 6) is 1.63. The molecule has 1 aromatic carbocycles. The third-order valence-corrected chi connectivity index (χ3v) is 5.25. The molecule has 0 bridgehead atoms. The largest absolute Gasteiger partial charge is 0.487 e. The first-order chi connectivity index (χ1) is 15.6. The van der Waals surface area contributed by atoms with Crippen LogP contribution in [0.5, 0.6) is 5.75 Å². The van der Waals surface area contributed by atoms with Crippen molar-refractivity contribution in [1.29, 1.82) is 0 Å². The van der Waals surface area contributed by atoms with Crippen LogP contribution in [0.2, 0.25) is 5.02 Å². The Kier molecular flexibility index (Phi) is 8.71. The van der Waals surface area contributed by atoms with Crippen molar-refractivity contribution in [1.82, 2.24) is 24.6 Å². The van der Waals surface area contributed by atoms with Gasteiger partial charge in [-0.25, -0.2) is 4.40 Å². The van der Waals surface area contributed by atoms with Crippen LogP contribution in [0.25, 0.3) is 5.78 Å². The Morgan fingerprint density at radius 3 is 2.72 bits per heavy atom. The van der Waals surface area contributed by atoms with Gasteiger partial charge in [-0.1, -0.05) is 29.4 Å². The highest BCUT2D eigenvalue weighted by atomic mass is 35.5. The van der Waals surface area contributed by atoms with Gasteiger partial charge in [0.1, 0.15) is 6.61 Å². The highest BCUT2D eigenvalue weighted by molar-refractivity contribution is 7.99. The lowest BCUT2D eigenvalue weighted by molar-refractivity contribution is -0.113. The molecule has 0 aliphatic rings. The third-order valence-electron chi connectivity index (χ3n) is 4.02. The average Bonchev–Trinajstić information content (AvgIpc) is 3.18.